The highest BCUT2D eigenvalue weighted by molar-refractivity contribution is 7.89. The minimum absolute atomic E-state index is 0.0450. The molecule has 0 unspecified atom stereocenters. The third kappa shape index (κ3) is 4.48. The van der Waals surface area contributed by atoms with Crippen molar-refractivity contribution in [3.05, 3.63) is 23.8 Å². The number of hydrogen-bond donors (Lipinski definition) is 0. The van der Waals surface area contributed by atoms with E-state index in [-0.39, 0.29) is 29.7 Å². The summed E-state index contributed by atoms with van der Waals surface area (Å²) >= 11 is 0. The lowest BCUT2D eigenvalue weighted by molar-refractivity contribution is -0.187. The molecule has 0 aliphatic carbocycles. The van der Waals surface area contributed by atoms with Crippen molar-refractivity contribution in [1.29, 1.82) is 0 Å². The van der Waals surface area contributed by atoms with E-state index < -0.39 is 15.8 Å². The number of carbonyl (C=O) groups excluding carboxylic acids is 2. The van der Waals surface area contributed by atoms with E-state index in [1.807, 2.05) is 0 Å². The Morgan fingerprint density at radius 1 is 1.06 bits per heavy atom. The van der Waals surface area contributed by atoms with Crippen LogP contribution >= 0.6 is 0 Å². The van der Waals surface area contributed by atoms with Crippen LogP contribution in [0.4, 0.5) is 5.69 Å². The Labute approximate surface area is 201 Å². The molecule has 4 heterocycles. The van der Waals surface area contributed by atoms with Gasteiger partial charge in [-0.3, -0.25) is 9.59 Å². The molecule has 10 heteroatoms. The highest BCUT2D eigenvalue weighted by atomic mass is 32.2. The molecule has 0 N–H and O–H groups in total. The van der Waals surface area contributed by atoms with Crippen LogP contribution in [0.1, 0.15) is 44.6 Å². The molecule has 34 heavy (non-hydrogen) atoms. The molecule has 5 rings (SSSR count). The van der Waals surface area contributed by atoms with Gasteiger partial charge in [-0.2, -0.15) is 4.31 Å². The van der Waals surface area contributed by atoms with Crippen LogP contribution in [0.3, 0.4) is 0 Å². The van der Waals surface area contributed by atoms with Gasteiger partial charge < -0.3 is 19.3 Å². The summed E-state index contributed by atoms with van der Waals surface area (Å²) in [5.74, 6) is -0.250. The van der Waals surface area contributed by atoms with Gasteiger partial charge in [0.1, 0.15) is 6.54 Å². The Kier molecular flexibility index (Phi) is 6.43. The van der Waals surface area contributed by atoms with Crippen LogP contribution in [0.15, 0.2) is 23.1 Å². The first-order valence-electron chi connectivity index (χ1n) is 12.3. The number of piperidine rings is 2. The van der Waals surface area contributed by atoms with Crippen molar-refractivity contribution in [3.8, 4) is 0 Å². The maximum absolute atomic E-state index is 13.2. The second kappa shape index (κ2) is 9.22. The average molecular weight is 492 g/mol. The van der Waals surface area contributed by atoms with E-state index in [9.17, 15) is 18.0 Å². The largest absolute Gasteiger partial charge is 0.347 e. The van der Waals surface area contributed by atoms with Crippen LogP contribution in [-0.2, 0) is 35.5 Å². The summed E-state index contributed by atoms with van der Waals surface area (Å²) in [5, 5.41) is 0. The number of nitrogens with zero attached hydrogens (tertiary/aromatic N) is 3. The van der Waals surface area contributed by atoms with Crippen molar-refractivity contribution in [2.75, 3.05) is 50.8 Å². The Hall–Kier alpha value is -2.01. The molecule has 186 valence electrons. The van der Waals surface area contributed by atoms with Gasteiger partial charge in [0.2, 0.25) is 21.8 Å². The molecule has 0 radical (unpaired) electrons. The van der Waals surface area contributed by atoms with Crippen LogP contribution in [-0.4, -0.2) is 81.2 Å². The Balaban J connectivity index is 1.29. The summed E-state index contributed by atoms with van der Waals surface area (Å²) in [7, 11) is -3.57. The number of benzene rings is 1. The Morgan fingerprint density at radius 3 is 2.41 bits per heavy atom. The fourth-order valence-corrected chi connectivity index (χ4v) is 6.88. The molecule has 0 bridgehead atoms. The van der Waals surface area contributed by atoms with Gasteiger partial charge in [0.05, 0.1) is 18.1 Å². The summed E-state index contributed by atoms with van der Waals surface area (Å²) in [4.78, 5) is 29.3. The lowest BCUT2D eigenvalue weighted by Gasteiger charge is -2.38. The molecule has 0 atom stereocenters. The number of amides is 2. The zero-order valence-corrected chi connectivity index (χ0v) is 20.5. The monoisotopic (exact) mass is 491 g/mol. The lowest BCUT2D eigenvalue weighted by Crippen LogP contribution is -2.51. The minimum Gasteiger partial charge on any atom is -0.347 e. The molecule has 2 amide bonds. The van der Waals surface area contributed by atoms with Gasteiger partial charge >= 0.3 is 0 Å². The third-order valence-electron chi connectivity index (χ3n) is 7.62. The van der Waals surface area contributed by atoms with Gasteiger partial charge in [0.25, 0.3) is 0 Å². The van der Waals surface area contributed by atoms with Crippen molar-refractivity contribution in [1.82, 2.24) is 9.21 Å². The van der Waals surface area contributed by atoms with E-state index in [0.29, 0.717) is 70.3 Å². The third-order valence-corrected chi connectivity index (χ3v) is 9.51. The SMILES string of the molecule is CC1CCN(S(=O)(=O)c2ccc3c(c2)CCC(=O)N3CC(=O)N2CCC3(CC2)OCCO3)CC1. The number of carbonyl (C=O) groups is 2. The first kappa shape index (κ1) is 23.7. The molecular weight excluding hydrogens is 458 g/mol. The number of likely N-dealkylation sites (tertiary alicyclic amines) is 1. The summed E-state index contributed by atoms with van der Waals surface area (Å²) < 4.78 is 39.4. The zero-order chi connectivity index (χ0) is 23.9. The van der Waals surface area contributed by atoms with Gasteiger partial charge in [-0.1, -0.05) is 6.92 Å². The van der Waals surface area contributed by atoms with Gasteiger partial charge in [0.15, 0.2) is 5.79 Å². The highest BCUT2D eigenvalue weighted by Gasteiger charge is 2.41. The number of hydrogen-bond acceptors (Lipinski definition) is 6. The van der Waals surface area contributed by atoms with E-state index in [2.05, 4.69) is 6.92 Å². The van der Waals surface area contributed by atoms with Gasteiger partial charge in [-0.15, -0.1) is 0 Å². The van der Waals surface area contributed by atoms with Crippen molar-refractivity contribution in [2.45, 2.75) is 56.1 Å². The summed E-state index contributed by atoms with van der Waals surface area (Å²) in [6.07, 6.45) is 3.71. The summed E-state index contributed by atoms with van der Waals surface area (Å²) in [5.41, 5.74) is 1.43. The number of aryl methyl sites for hydroxylation is 1. The van der Waals surface area contributed by atoms with Crippen molar-refractivity contribution in [2.24, 2.45) is 5.92 Å². The summed E-state index contributed by atoms with van der Waals surface area (Å²) in [6, 6.07) is 4.94. The van der Waals surface area contributed by atoms with Crippen molar-refractivity contribution >= 4 is 27.5 Å². The summed E-state index contributed by atoms with van der Waals surface area (Å²) in [6.45, 7) is 5.40. The minimum atomic E-state index is -3.57. The fraction of sp³-hybridized carbons (Fsp3) is 0.667. The van der Waals surface area contributed by atoms with Crippen LogP contribution in [0.25, 0.3) is 0 Å². The number of rotatable bonds is 4. The Morgan fingerprint density at radius 2 is 1.74 bits per heavy atom. The van der Waals surface area contributed by atoms with Gasteiger partial charge in [0, 0.05) is 51.1 Å². The first-order chi connectivity index (χ1) is 16.3. The molecule has 3 saturated heterocycles. The molecule has 0 saturated carbocycles. The highest BCUT2D eigenvalue weighted by Crippen LogP contribution is 2.34. The van der Waals surface area contributed by atoms with Gasteiger partial charge in [-0.05, 0) is 48.9 Å². The second-order valence-electron chi connectivity index (χ2n) is 9.85. The molecule has 3 fully saturated rings. The van der Waals surface area contributed by atoms with Crippen molar-refractivity contribution in [3.63, 3.8) is 0 Å². The Bertz CT molecular complexity index is 1050. The number of ether oxygens (including phenoxy) is 2. The molecular formula is C24H33N3O6S. The quantitative estimate of drug-likeness (QED) is 0.637. The first-order valence-corrected chi connectivity index (χ1v) is 13.7. The van der Waals surface area contributed by atoms with E-state index in [1.165, 1.54) is 4.90 Å². The smallest absolute Gasteiger partial charge is 0.243 e. The average Bonchev–Trinajstić information content (AvgIpc) is 3.29. The predicted molar refractivity (Wildman–Crippen MR) is 125 cm³/mol. The number of sulfonamides is 1. The van der Waals surface area contributed by atoms with E-state index in [0.717, 1.165) is 18.4 Å². The number of anilines is 1. The van der Waals surface area contributed by atoms with Gasteiger partial charge in [-0.25, -0.2) is 8.42 Å². The van der Waals surface area contributed by atoms with Crippen LogP contribution in [0, 0.1) is 5.92 Å². The zero-order valence-electron chi connectivity index (χ0n) is 19.7. The van der Waals surface area contributed by atoms with E-state index >= 15 is 0 Å². The predicted octanol–water partition coefficient (Wildman–Crippen LogP) is 1.75. The molecule has 1 spiro atoms. The fourth-order valence-electron chi connectivity index (χ4n) is 5.36. The molecule has 1 aromatic carbocycles. The van der Waals surface area contributed by atoms with Crippen LogP contribution < -0.4 is 4.90 Å². The number of fused-ring (bicyclic) bond motifs is 1. The van der Waals surface area contributed by atoms with Crippen molar-refractivity contribution < 1.29 is 27.5 Å². The topological polar surface area (TPSA) is 96.5 Å². The molecule has 4 aliphatic heterocycles. The van der Waals surface area contributed by atoms with E-state index in [1.54, 1.807) is 27.4 Å². The standard InChI is InChI=1S/C24H33N3O6S/c1-18-6-10-26(11-7-18)34(30,31)20-3-4-21-19(16-20)2-5-22(28)27(21)17-23(29)25-12-8-24(9-13-25)32-14-15-33-24/h3-4,16,18H,2,5-15,17H2,1H3. The molecule has 1 aromatic rings. The maximum atomic E-state index is 13.2. The van der Waals surface area contributed by atoms with E-state index in [4.69, 9.17) is 9.47 Å². The second-order valence-corrected chi connectivity index (χ2v) is 11.8. The van der Waals surface area contributed by atoms with Crippen LogP contribution in [0.5, 0.6) is 0 Å². The maximum Gasteiger partial charge on any atom is 0.243 e. The molecule has 9 nitrogen and oxygen atoms in total. The lowest BCUT2D eigenvalue weighted by atomic mass is 10.0. The molecule has 4 aliphatic rings. The molecule has 0 aromatic heterocycles. The normalized spacial score (nSPS) is 24.0. The van der Waals surface area contributed by atoms with Crippen LogP contribution in [0.2, 0.25) is 0 Å².